The van der Waals surface area contributed by atoms with Crippen LogP contribution in [0.4, 0.5) is 5.69 Å². The van der Waals surface area contributed by atoms with E-state index in [2.05, 4.69) is 32.2 Å². The molecular weight excluding hydrogens is 318 g/mol. The third kappa shape index (κ3) is 4.32. The number of hydrogen-bond acceptors (Lipinski definition) is 3. The second kappa shape index (κ2) is 7.41. The van der Waals surface area contributed by atoms with Crippen molar-refractivity contribution in [3.05, 3.63) is 28.7 Å². The van der Waals surface area contributed by atoms with Crippen molar-refractivity contribution in [1.82, 2.24) is 4.90 Å². The molecule has 106 valence electrons. The first-order valence-corrected chi connectivity index (χ1v) is 7.64. The van der Waals surface area contributed by atoms with Crippen LogP contribution in [-0.2, 0) is 4.79 Å². The van der Waals surface area contributed by atoms with Crippen LogP contribution < -0.4 is 5.32 Å². The maximum atomic E-state index is 12.2. The lowest BCUT2D eigenvalue weighted by molar-refractivity contribution is -0.121. The number of nitrogens with one attached hydrogen (secondary N) is 1. The Labute approximate surface area is 127 Å². The molecule has 1 aliphatic heterocycles. The summed E-state index contributed by atoms with van der Waals surface area (Å²) in [6.45, 7) is 2.62. The number of nitrogens with zero attached hydrogens (tertiary/aromatic N) is 2. The molecule has 1 amide bonds. The zero-order valence-corrected chi connectivity index (χ0v) is 12.9. The van der Waals surface area contributed by atoms with Crippen LogP contribution in [0.15, 0.2) is 28.7 Å². The van der Waals surface area contributed by atoms with Gasteiger partial charge < -0.3 is 10.2 Å². The number of nitriles is 1. The Hall–Kier alpha value is -1.38. The van der Waals surface area contributed by atoms with Crippen molar-refractivity contribution in [2.75, 3.05) is 25.0 Å². The van der Waals surface area contributed by atoms with Crippen LogP contribution in [0.2, 0.25) is 0 Å². The van der Waals surface area contributed by atoms with E-state index < -0.39 is 0 Å². The van der Waals surface area contributed by atoms with Gasteiger partial charge in [0.05, 0.1) is 6.07 Å². The number of piperidine rings is 1. The average molecular weight is 336 g/mol. The highest BCUT2D eigenvalue weighted by Crippen LogP contribution is 2.21. The Kier molecular flexibility index (Phi) is 5.57. The Morgan fingerprint density at radius 2 is 2.20 bits per heavy atom. The van der Waals surface area contributed by atoms with Crippen molar-refractivity contribution >= 4 is 27.5 Å². The SMILES string of the molecule is N#CCCN1CCC(C(=O)Nc2cccc(Br)c2)CC1. The highest BCUT2D eigenvalue weighted by atomic mass is 79.9. The summed E-state index contributed by atoms with van der Waals surface area (Å²) in [6.07, 6.45) is 2.30. The molecule has 0 radical (unpaired) electrons. The molecule has 2 rings (SSSR count). The lowest BCUT2D eigenvalue weighted by Crippen LogP contribution is -2.38. The fourth-order valence-corrected chi connectivity index (χ4v) is 2.84. The second-order valence-corrected chi connectivity index (χ2v) is 5.94. The minimum atomic E-state index is 0.0762. The summed E-state index contributed by atoms with van der Waals surface area (Å²) in [5.41, 5.74) is 0.830. The average Bonchev–Trinajstić information content (AvgIpc) is 2.45. The van der Waals surface area contributed by atoms with E-state index in [9.17, 15) is 4.79 Å². The normalized spacial score (nSPS) is 16.6. The second-order valence-electron chi connectivity index (χ2n) is 5.02. The van der Waals surface area contributed by atoms with Gasteiger partial charge in [0.25, 0.3) is 0 Å². The Balaban J connectivity index is 1.82. The predicted molar refractivity (Wildman–Crippen MR) is 82.2 cm³/mol. The largest absolute Gasteiger partial charge is 0.326 e. The van der Waals surface area contributed by atoms with Crippen LogP contribution in [-0.4, -0.2) is 30.4 Å². The topological polar surface area (TPSA) is 56.1 Å². The van der Waals surface area contributed by atoms with E-state index in [0.29, 0.717) is 6.42 Å². The molecule has 0 spiro atoms. The number of carbonyl (C=O) groups is 1. The molecule has 1 saturated heterocycles. The maximum Gasteiger partial charge on any atom is 0.227 e. The van der Waals surface area contributed by atoms with Crippen molar-refractivity contribution in [3.63, 3.8) is 0 Å². The molecule has 1 heterocycles. The molecule has 1 aromatic rings. The zero-order chi connectivity index (χ0) is 14.4. The highest BCUT2D eigenvalue weighted by molar-refractivity contribution is 9.10. The van der Waals surface area contributed by atoms with Crippen LogP contribution >= 0.6 is 15.9 Å². The number of hydrogen-bond donors (Lipinski definition) is 1. The molecule has 5 heteroatoms. The summed E-state index contributed by atoms with van der Waals surface area (Å²) in [5.74, 6) is 0.176. The van der Waals surface area contributed by atoms with Gasteiger partial charge >= 0.3 is 0 Å². The Morgan fingerprint density at radius 3 is 2.85 bits per heavy atom. The van der Waals surface area contributed by atoms with E-state index in [1.54, 1.807) is 0 Å². The molecule has 1 fully saturated rings. The molecule has 20 heavy (non-hydrogen) atoms. The quantitative estimate of drug-likeness (QED) is 0.920. The lowest BCUT2D eigenvalue weighted by atomic mass is 9.95. The fourth-order valence-electron chi connectivity index (χ4n) is 2.44. The van der Waals surface area contributed by atoms with E-state index >= 15 is 0 Å². The van der Waals surface area contributed by atoms with Crippen molar-refractivity contribution in [1.29, 1.82) is 5.26 Å². The Bertz CT molecular complexity index is 504. The number of halogens is 1. The van der Waals surface area contributed by atoms with Crippen LogP contribution in [0.25, 0.3) is 0 Å². The maximum absolute atomic E-state index is 12.2. The minimum Gasteiger partial charge on any atom is -0.326 e. The zero-order valence-electron chi connectivity index (χ0n) is 11.3. The standard InChI is InChI=1S/C15H18BrN3O/c16-13-3-1-4-14(11-13)18-15(20)12-5-9-19(10-6-12)8-2-7-17/h1,3-4,11-12H,2,5-6,8-10H2,(H,18,20). The fraction of sp³-hybridized carbons (Fsp3) is 0.467. The van der Waals surface area contributed by atoms with Gasteiger partial charge in [-0.3, -0.25) is 4.79 Å². The summed E-state index contributed by atoms with van der Waals surface area (Å²) >= 11 is 3.40. The van der Waals surface area contributed by atoms with E-state index in [0.717, 1.165) is 42.6 Å². The van der Waals surface area contributed by atoms with Gasteiger partial charge in [-0.1, -0.05) is 22.0 Å². The van der Waals surface area contributed by atoms with Crippen molar-refractivity contribution in [2.45, 2.75) is 19.3 Å². The molecular formula is C15H18BrN3O. The summed E-state index contributed by atoms with van der Waals surface area (Å²) in [5, 5.41) is 11.5. The molecule has 1 aromatic carbocycles. The highest BCUT2D eigenvalue weighted by Gasteiger charge is 2.24. The van der Waals surface area contributed by atoms with E-state index in [1.165, 1.54) is 0 Å². The van der Waals surface area contributed by atoms with Gasteiger partial charge in [0.2, 0.25) is 5.91 Å². The molecule has 0 unspecified atom stereocenters. The summed E-state index contributed by atoms with van der Waals surface area (Å²) in [7, 11) is 0. The predicted octanol–water partition coefficient (Wildman–Crippen LogP) is 3.01. The minimum absolute atomic E-state index is 0.0762. The summed E-state index contributed by atoms with van der Waals surface area (Å²) in [4.78, 5) is 14.5. The van der Waals surface area contributed by atoms with Gasteiger partial charge in [-0.25, -0.2) is 0 Å². The van der Waals surface area contributed by atoms with Gasteiger partial charge in [0, 0.05) is 29.0 Å². The molecule has 4 nitrogen and oxygen atoms in total. The van der Waals surface area contributed by atoms with E-state index in [-0.39, 0.29) is 11.8 Å². The molecule has 1 N–H and O–H groups in total. The molecule has 0 atom stereocenters. The first-order chi connectivity index (χ1) is 9.69. The van der Waals surface area contributed by atoms with Crippen LogP contribution in [0, 0.1) is 17.2 Å². The number of carbonyl (C=O) groups excluding carboxylic acids is 1. The van der Waals surface area contributed by atoms with E-state index in [4.69, 9.17) is 5.26 Å². The van der Waals surface area contributed by atoms with Crippen LogP contribution in [0.3, 0.4) is 0 Å². The van der Waals surface area contributed by atoms with Crippen molar-refractivity contribution in [2.24, 2.45) is 5.92 Å². The van der Waals surface area contributed by atoms with Gasteiger partial charge in [-0.15, -0.1) is 0 Å². The third-order valence-electron chi connectivity index (χ3n) is 3.59. The number of rotatable bonds is 4. The van der Waals surface area contributed by atoms with Gasteiger partial charge in [0.1, 0.15) is 0 Å². The number of benzene rings is 1. The molecule has 0 saturated carbocycles. The van der Waals surface area contributed by atoms with Crippen molar-refractivity contribution in [3.8, 4) is 6.07 Å². The van der Waals surface area contributed by atoms with Crippen molar-refractivity contribution < 1.29 is 4.79 Å². The van der Waals surface area contributed by atoms with Gasteiger partial charge in [-0.2, -0.15) is 5.26 Å². The number of anilines is 1. The molecule has 0 aromatic heterocycles. The van der Waals surface area contributed by atoms with Crippen LogP contribution in [0.5, 0.6) is 0 Å². The molecule has 0 bridgehead atoms. The van der Waals surface area contributed by atoms with E-state index in [1.807, 2.05) is 24.3 Å². The van der Waals surface area contributed by atoms with Crippen LogP contribution in [0.1, 0.15) is 19.3 Å². The number of amides is 1. The summed E-state index contributed by atoms with van der Waals surface area (Å²) in [6, 6.07) is 9.80. The summed E-state index contributed by atoms with van der Waals surface area (Å²) < 4.78 is 0.960. The first-order valence-electron chi connectivity index (χ1n) is 6.85. The van der Waals surface area contributed by atoms with Gasteiger partial charge in [0.15, 0.2) is 0 Å². The third-order valence-corrected chi connectivity index (χ3v) is 4.08. The Morgan fingerprint density at radius 1 is 1.45 bits per heavy atom. The monoisotopic (exact) mass is 335 g/mol. The smallest absolute Gasteiger partial charge is 0.227 e. The molecule has 0 aliphatic carbocycles. The first kappa shape index (κ1) is 15.0. The molecule has 1 aliphatic rings. The lowest BCUT2D eigenvalue weighted by Gasteiger charge is -2.30. The van der Waals surface area contributed by atoms with Gasteiger partial charge in [-0.05, 0) is 44.1 Å². The number of likely N-dealkylation sites (tertiary alicyclic amines) is 1.